The summed E-state index contributed by atoms with van der Waals surface area (Å²) in [5.74, 6) is -0.226. The van der Waals surface area contributed by atoms with Crippen molar-refractivity contribution in [2.45, 2.75) is 17.2 Å². The number of nitrogens with zero attached hydrogens (tertiary/aromatic N) is 5. The number of methoxy groups -OCH3 is 2. The number of fused-ring (bicyclic) bond motifs is 1. The van der Waals surface area contributed by atoms with E-state index in [9.17, 15) is 13.7 Å². The van der Waals surface area contributed by atoms with Gasteiger partial charge < -0.3 is 14.5 Å². The third-order valence-electron chi connectivity index (χ3n) is 5.58. The van der Waals surface area contributed by atoms with Crippen molar-refractivity contribution < 1.29 is 17.9 Å². The molecule has 1 aromatic carbocycles. The van der Waals surface area contributed by atoms with E-state index in [1.165, 1.54) is 20.4 Å². The van der Waals surface area contributed by atoms with Crippen LogP contribution in [0, 0.1) is 17.2 Å². The molecule has 174 valence electrons. The summed E-state index contributed by atoms with van der Waals surface area (Å²) in [6.45, 7) is 0. The second-order valence-electron chi connectivity index (χ2n) is 7.58. The van der Waals surface area contributed by atoms with E-state index in [-0.39, 0.29) is 34.4 Å². The normalized spacial score (nSPS) is 17.4. The Balaban J connectivity index is 1.55. The Morgan fingerprint density at radius 2 is 2.00 bits per heavy atom. The van der Waals surface area contributed by atoms with E-state index in [1.807, 2.05) is 0 Å². The molecule has 1 saturated carbocycles. The van der Waals surface area contributed by atoms with Gasteiger partial charge in [0.15, 0.2) is 0 Å². The lowest BCUT2D eigenvalue weighted by Crippen LogP contribution is -2.16. The summed E-state index contributed by atoms with van der Waals surface area (Å²) in [5.41, 5.74) is 1.57. The molecule has 5 rings (SSSR count). The minimum atomic E-state index is -4.12. The van der Waals surface area contributed by atoms with Crippen molar-refractivity contribution in [3.63, 3.8) is 0 Å². The van der Waals surface area contributed by atoms with Crippen LogP contribution in [0.4, 0.5) is 5.95 Å². The van der Waals surface area contributed by atoms with E-state index < -0.39 is 10.0 Å². The predicted octanol–water partition coefficient (Wildman–Crippen LogP) is 3.24. The number of hydrogen-bond donors (Lipinski definition) is 2. The number of nitriles is 1. The molecule has 0 amide bonds. The topological polar surface area (TPSA) is 148 Å². The van der Waals surface area contributed by atoms with Crippen LogP contribution in [0.2, 0.25) is 5.02 Å². The van der Waals surface area contributed by atoms with Gasteiger partial charge in [-0.25, -0.2) is 17.8 Å². The molecular formula is C21H18ClN7O4S. The number of benzene rings is 1. The number of sulfonamides is 1. The number of hydrogen-bond acceptors (Lipinski definition) is 8. The molecule has 34 heavy (non-hydrogen) atoms. The van der Waals surface area contributed by atoms with Gasteiger partial charge in [0.1, 0.15) is 10.6 Å². The average Bonchev–Trinajstić information content (AvgIpc) is 3.18. The monoisotopic (exact) mass is 499 g/mol. The van der Waals surface area contributed by atoms with Crippen molar-refractivity contribution in [2.75, 3.05) is 18.9 Å². The fourth-order valence-electron chi connectivity index (χ4n) is 3.92. The Labute approximate surface area is 199 Å². The highest BCUT2D eigenvalue weighted by Crippen LogP contribution is 2.52. The molecule has 2 N–H and O–H groups in total. The molecule has 0 radical (unpaired) electrons. The van der Waals surface area contributed by atoms with Gasteiger partial charge in [0, 0.05) is 29.9 Å². The van der Waals surface area contributed by atoms with Crippen molar-refractivity contribution in [1.29, 1.82) is 5.26 Å². The summed E-state index contributed by atoms with van der Waals surface area (Å²) in [4.78, 5) is 11.4. The Morgan fingerprint density at radius 3 is 2.59 bits per heavy atom. The first-order valence-electron chi connectivity index (χ1n) is 10.1. The lowest BCUT2D eigenvalue weighted by molar-refractivity contribution is 0.363. The molecule has 4 aromatic rings. The third kappa shape index (κ3) is 3.59. The fraction of sp³-hybridized carbons (Fsp3) is 0.238. The van der Waals surface area contributed by atoms with Gasteiger partial charge in [0.2, 0.25) is 17.7 Å². The second-order valence-corrected chi connectivity index (χ2v) is 9.64. The van der Waals surface area contributed by atoms with E-state index in [4.69, 9.17) is 21.1 Å². The largest absolute Gasteiger partial charge is 0.481 e. The predicted molar refractivity (Wildman–Crippen MR) is 123 cm³/mol. The van der Waals surface area contributed by atoms with Crippen LogP contribution in [0.25, 0.3) is 16.6 Å². The minimum Gasteiger partial charge on any atom is -0.481 e. The number of rotatable bonds is 7. The van der Waals surface area contributed by atoms with Crippen LogP contribution in [0.3, 0.4) is 0 Å². The number of aromatic nitrogens is 5. The molecule has 3 heterocycles. The number of H-pyrrole nitrogens is 1. The molecule has 0 bridgehead atoms. The Morgan fingerprint density at radius 1 is 1.26 bits per heavy atom. The molecule has 3 aromatic heterocycles. The Bertz CT molecular complexity index is 1520. The number of anilines is 1. The van der Waals surface area contributed by atoms with Crippen molar-refractivity contribution >= 4 is 38.5 Å². The van der Waals surface area contributed by atoms with Gasteiger partial charge in [-0.2, -0.15) is 20.3 Å². The number of halogens is 1. The summed E-state index contributed by atoms with van der Waals surface area (Å²) in [6.07, 6.45) is 5.30. The Hall–Kier alpha value is -3.82. The summed E-state index contributed by atoms with van der Waals surface area (Å²) in [7, 11) is -1.30. The van der Waals surface area contributed by atoms with Gasteiger partial charge >= 0.3 is 0 Å². The average molecular weight is 500 g/mol. The molecule has 0 aliphatic heterocycles. The lowest BCUT2D eigenvalue weighted by atomic mass is 10.1. The molecule has 13 heteroatoms. The SMILES string of the molecule is COc1nc(NS(=O)(=O)c2c[nH]c3c(-n4cccn4)c(Cl)ccc23)nc(OC)c1C1CC1C#N. The summed E-state index contributed by atoms with van der Waals surface area (Å²) in [6, 6.07) is 7.15. The van der Waals surface area contributed by atoms with Crippen LogP contribution in [-0.2, 0) is 10.0 Å². The Kier molecular flexibility index (Phi) is 5.30. The summed E-state index contributed by atoms with van der Waals surface area (Å²) in [5, 5.41) is 14.2. The first-order chi connectivity index (χ1) is 16.4. The maximum atomic E-state index is 13.3. The maximum absolute atomic E-state index is 13.3. The smallest absolute Gasteiger partial charge is 0.266 e. The zero-order valence-corrected chi connectivity index (χ0v) is 19.6. The zero-order valence-electron chi connectivity index (χ0n) is 18.0. The minimum absolute atomic E-state index is 0.0232. The zero-order chi connectivity index (χ0) is 24.0. The summed E-state index contributed by atoms with van der Waals surface area (Å²) >= 11 is 6.37. The van der Waals surface area contributed by atoms with Gasteiger partial charge in [0.25, 0.3) is 10.0 Å². The van der Waals surface area contributed by atoms with Gasteiger partial charge in [-0.05, 0) is 24.6 Å². The number of nitrogens with one attached hydrogen (secondary N) is 2. The molecule has 2 atom stereocenters. The van der Waals surface area contributed by atoms with E-state index in [2.05, 4.69) is 30.8 Å². The van der Waals surface area contributed by atoms with Crippen molar-refractivity contribution in [3.05, 3.63) is 47.4 Å². The molecule has 2 unspecified atom stereocenters. The molecule has 0 spiro atoms. The fourth-order valence-corrected chi connectivity index (χ4v) is 5.27. The molecule has 1 aliphatic carbocycles. The van der Waals surface area contributed by atoms with Crippen LogP contribution >= 0.6 is 11.6 Å². The third-order valence-corrected chi connectivity index (χ3v) is 7.25. The first kappa shape index (κ1) is 22.0. The van der Waals surface area contributed by atoms with Crippen LogP contribution in [0.5, 0.6) is 11.8 Å². The highest BCUT2D eigenvalue weighted by molar-refractivity contribution is 7.93. The van der Waals surface area contributed by atoms with Crippen molar-refractivity contribution in [1.82, 2.24) is 24.7 Å². The number of ether oxygens (including phenoxy) is 2. The van der Waals surface area contributed by atoms with Crippen LogP contribution in [-0.4, -0.2) is 47.4 Å². The lowest BCUT2D eigenvalue weighted by Gasteiger charge is -2.13. The van der Waals surface area contributed by atoms with Gasteiger partial charge in [0.05, 0.1) is 42.3 Å². The molecule has 1 fully saturated rings. The van der Waals surface area contributed by atoms with E-state index in [1.54, 1.807) is 35.3 Å². The maximum Gasteiger partial charge on any atom is 0.266 e. The van der Waals surface area contributed by atoms with Crippen molar-refractivity contribution in [3.8, 4) is 23.5 Å². The molecule has 1 aliphatic rings. The summed E-state index contributed by atoms with van der Waals surface area (Å²) < 4.78 is 41.3. The van der Waals surface area contributed by atoms with Crippen LogP contribution in [0.1, 0.15) is 17.9 Å². The van der Waals surface area contributed by atoms with E-state index in [0.717, 1.165) is 0 Å². The quantitative estimate of drug-likeness (QED) is 0.393. The van der Waals surface area contributed by atoms with Gasteiger partial charge in [-0.3, -0.25) is 0 Å². The van der Waals surface area contributed by atoms with Crippen LogP contribution in [0.15, 0.2) is 41.7 Å². The second kappa shape index (κ2) is 8.19. The highest BCUT2D eigenvalue weighted by atomic mass is 35.5. The first-order valence-corrected chi connectivity index (χ1v) is 12.0. The standard InChI is InChI=1S/C21H18ClN7O4S/c1-32-19-16(13-8-11(13)9-23)20(33-2)27-21(26-19)28-34(30,31)15-10-24-17-12(15)4-5-14(22)18(17)29-7-3-6-25-29/h3-7,10-11,13,24H,8H2,1-2H3,(H,26,27,28). The highest BCUT2D eigenvalue weighted by Gasteiger charge is 2.44. The molecule has 11 nitrogen and oxygen atoms in total. The van der Waals surface area contributed by atoms with Gasteiger partial charge in [-0.15, -0.1) is 0 Å². The molecular weight excluding hydrogens is 482 g/mol. The van der Waals surface area contributed by atoms with E-state index in [0.29, 0.717) is 33.6 Å². The van der Waals surface area contributed by atoms with Crippen LogP contribution < -0.4 is 14.2 Å². The van der Waals surface area contributed by atoms with Gasteiger partial charge in [-0.1, -0.05) is 11.6 Å². The number of aromatic amines is 1. The van der Waals surface area contributed by atoms with E-state index >= 15 is 0 Å². The van der Waals surface area contributed by atoms with Crippen molar-refractivity contribution in [2.24, 2.45) is 5.92 Å². The molecule has 0 saturated heterocycles.